The van der Waals surface area contributed by atoms with Crippen molar-refractivity contribution in [2.24, 2.45) is 11.8 Å². The summed E-state index contributed by atoms with van der Waals surface area (Å²) < 4.78 is 0. The summed E-state index contributed by atoms with van der Waals surface area (Å²) in [7, 11) is 0. The summed E-state index contributed by atoms with van der Waals surface area (Å²) in [5, 5.41) is 3.38. The predicted octanol–water partition coefficient (Wildman–Crippen LogP) is 1.37. The van der Waals surface area contributed by atoms with Gasteiger partial charge in [0, 0.05) is 12.1 Å². The van der Waals surface area contributed by atoms with Crippen molar-refractivity contribution in [1.29, 1.82) is 0 Å². The molecular weight excluding hydrogens is 190 g/mol. The second kappa shape index (κ2) is 3.36. The van der Waals surface area contributed by atoms with Gasteiger partial charge in [-0.15, -0.1) is 0 Å². The molecule has 4 heteroatoms. The molecule has 1 heterocycles. The Balaban J connectivity index is 1.73. The molecule has 2 aliphatic carbocycles. The highest BCUT2D eigenvalue weighted by Crippen LogP contribution is 2.45. The summed E-state index contributed by atoms with van der Waals surface area (Å²) >= 11 is 0. The highest BCUT2D eigenvalue weighted by atomic mass is 16.1. The fourth-order valence-electron chi connectivity index (χ4n) is 3.06. The number of hydrogen-bond acceptors (Lipinski definition) is 3. The van der Waals surface area contributed by atoms with Crippen LogP contribution in [0.5, 0.6) is 0 Å². The number of nitrogens with one attached hydrogen (secondary N) is 2. The molecule has 0 radical (unpaired) electrons. The van der Waals surface area contributed by atoms with Crippen molar-refractivity contribution < 1.29 is 0 Å². The second-order valence-corrected chi connectivity index (χ2v) is 4.72. The molecule has 4 nitrogen and oxygen atoms in total. The lowest BCUT2D eigenvalue weighted by Gasteiger charge is -2.23. The average Bonchev–Trinajstić information content (AvgIpc) is 2.79. The first kappa shape index (κ1) is 8.95. The van der Waals surface area contributed by atoms with Gasteiger partial charge in [-0.2, -0.15) is 0 Å². The first-order chi connectivity index (χ1) is 7.31. The van der Waals surface area contributed by atoms with Crippen molar-refractivity contribution in [2.75, 3.05) is 5.32 Å². The van der Waals surface area contributed by atoms with E-state index < -0.39 is 0 Å². The smallest absolute Gasteiger partial charge is 0.252 e. The van der Waals surface area contributed by atoms with Gasteiger partial charge in [-0.1, -0.05) is 6.42 Å². The summed E-state index contributed by atoms with van der Waals surface area (Å²) in [5.41, 5.74) is -0.0874. The number of anilines is 1. The maximum absolute atomic E-state index is 11.1. The Labute approximate surface area is 88.1 Å². The Hall–Kier alpha value is -1.32. The van der Waals surface area contributed by atoms with E-state index in [1.54, 1.807) is 0 Å². The van der Waals surface area contributed by atoms with Gasteiger partial charge in [0.1, 0.15) is 5.82 Å². The van der Waals surface area contributed by atoms with Crippen molar-refractivity contribution >= 4 is 5.82 Å². The van der Waals surface area contributed by atoms with Crippen molar-refractivity contribution in [3.8, 4) is 0 Å². The number of nitrogens with zero attached hydrogens (tertiary/aromatic N) is 1. The molecule has 0 saturated heterocycles. The van der Waals surface area contributed by atoms with Gasteiger partial charge in [0.2, 0.25) is 0 Å². The molecule has 2 saturated carbocycles. The van der Waals surface area contributed by atoms with Crippen LogP contribution >= 0.6 is 0 Å². The zero-order chi connectivity index (χ0) is 10.3. The van der Waals surface area contributed by atoms with Crippen LogP contribution in [0.15, 0.2) is 17.2 Å². The maximum Gasteiger partial charge on any atom is 0.252 e. The van der Waals surface area contributed by atoms with Gasteiger partial charge < -0.3 is 10.3 Å². The van der Waals surface area contributed by atoms with Crippen LogP contribution in [0, 0.1) is 11.8 Å². The predicted molar refractivity (Wildman–Crippen MR) is 57.7 cm³/mol. The number of H-pyrrole nitrogens is 1. The zero-order valence-electron chi connectivity index (χ0n) is 8.57. The SMILES string of the molecule is O=c1cc(NC2CC3CCC2C3)nc[nH]1. The molecule has 3 rings (SSSR count). The van der Waals surface area contributed by atoms with E-state index in [4.69, 9.17) is 0 Å². The van der Waals surface area contributed by atoms with E-state index in [2.05, 4.69) is 15.3 Å². The first-order valence-corrected chi connectivity index (χ1v) is 5.62. The van der Waals surface area contributed by atoms with Crippen LogP contribution in [0.3, 0.4) is 0 Å². The minimum absolute atomic E-state index is 0.0874. The molecule has 1 aromatic heterocycles. The molecule has 3 atom stereocenters. The van der Waals surface area contributed by atoms with Gasteiger partial charge in [0.25, 0.3) is 5.56 Å². The highest BCUT2D eigenvalue weighted by molar-refractivity contribution is 5.34. The summed E-state index contributed by atoms with van der Waals surface area (Å²) in [4.78, 5) is 17.7. The Morgan fingerprint density at radius 1 is 1.40 bits per heavy atom. The van der Waals surface area contributed by atoms with E-state index in [0.717, 1.165) is 17.7 Å². The molecule has 2 fully saturated rings. The first-order valence-electron chi connectivity index (χ1n) is 5.62. The molecule has 2 bridgehead atoms. The summed E-state index contributed by atoms with van der Waals surface area (Å²) in [6, 6.07) is 2.07. The lowest BCUT2D eigenvalue weighted by molar-refractivity contribution is 0.439. The van der Waals surface area contributed by atoms with Crippen LogP contribution in [0.1, 0.15) is 25.7 Å². The Morgan fingerprint density at radius 2 is 2.33 bits per heavy atom. The number of fused-ring (bicyclic) bond motifs is 2. The molecule has 2 N–H and O–H groups in total. The summed E-state index contributed by atoms with van der Waals surface area (Å²) in [5.74, 6) is 2.43. The Bertz CT molecular complexity index is 414. The van der Waals surface area contributed by atoms with Crippen LogP contribution in [-0.2, 0) is 0 Å². The monoisotopic (exact) mass is 205 g/mol. The minimum atomic E-state index is -0.0874. The normalized spacial score (nSPS) is 33.2. The quantitative estimate of drug-likeness (QED) is 0.766. The molecule has 1 aromatic rings. The maximum atomic E-state index is 11.1. The Morgan fingerprint density at radius 3 is 3.00 bits per heavy atom. The molecular formula is C11H15N3O. The zero-order valence-corrected chi connectivity index (χ0v) is 8.57. The van der Waals surface area contributed by atoms with E-state index in [0.29, 0.717) is 6.04 Å². The van der Waals surface area contributed by atoms with Gasteiger partial charge in [-0.05, 0) is 31.1 Å². The van der Waals surface area contributed by atoms with Gasteiger partial charge in [0.15, 0.2) is 0 Å². The van der Waals surface area contributed by atoms with Crippen LogP contribution in [0.4, 0.5) is 5.82 Å². The molecule has 0 aliphatic heterocycles. The van der Waals surface area contributed by atoms with E-state index in [1.807, 2.05) is 0 Å². The third-order valence-electron chi connectivity index (χ3n) is 3.75. The molecule has 15 heavy (non-hydrogen) atoms. The molecule has 80 valence electrons. The highest BCUT2D eigenvalue weighted by Gasteiger charge is 2.39. The number of aromatic nitrogens is 2. The van der Waals surface area contributed by atoms with Gasteiger partial charge in [0.05, 0.1) is 6.33 Å². The third-order valence-corrected chi connectivity index (χ3v) is 3.75. The average molecular weight is 205 g/mol. The number of aromatic amines is 1. The standard InChI is InChI=1S/C11H15N3O/c15-11-5-10(12-6-13-11)14-9-4-7-1-2-8(9)3-7/h5-9H,1-4H2,(H2,12,13,14,15). The molecule has 0 amide bonds. The third kappa shape index (κ3) is 1.64. The largest absolute Gasteiger partial charge is 0.367 e. The topological polar surface area (TPSA) is 57.8 Å². The van der Waals surface area contributed by atoms with Crippen molar-refractivity contribution in [3.63, 3.8) is 0 Å². The second-order valence-electron chi connectivity index (χ2n) is 4.72. The Kier molecular flexibility index (Phi) is 2.01. The fourth-order valence-corrected chi connectivity index (χ4v) is 3.06. The van der Waals surface area contributed by atoms with E-state index in [1.165, 1.54) is 38.1 Å². The van der Waals surface area contributed by atoms with Gasteiger partial charge >= 0.3 is 0 Å². The van der Waals surface area contributed by atoms with Gasteiger partial charge in [-0.25, -0.2) is 4.98 Å². The molecule has 2 aliphatic rings. The van der Waals surface area contributed by atoms with Crippen LogP contribution in [0.25, 0.3) is 0 Å². The van der Waals surface area contributed by atoms with Crippen LogP contribution in [-0.4, -0.2) is 16.0 Å². The van der Waals surface area contributed by atoms with Crippen LogP contribution in [0.2, 0.25) is 0 Å². The van der Waals surface area contributed by atoms with E-state index in [-0.39, 0.29) is 5.56 Å². The lowest BCUT2D eigenvalue weighted by atomic mass is 9.95. The molecule has 0 aromatic carbocycles. The van der Waals surface area contributed by atoms with Crippen molar-refractivity contribution in [1.82, 2.24) is 9.97 Å². The fraction of sp³-hybridized carbons (Fsp3) is 0.636. The van der Waals surface area contributed by atoms with E-state index >= 15 is 0 Å². The number of hydrogen-bond donors (Lipinski definition) is 2. The molecule has 0 spiro atoms. The number of rotatable bonds is 2. The van der Waals surface area contributed by atoms with E-state index in [9.17, 15) is 4.79 Å². The summed E-state index contributed by atoms with van der Waals surface area (Å²) in [6.45, 7) is 0. The van der Waals surface area contributed by atoms with Gasteiger partial charge in [-0.3, -0.25) is 4.79 Å². The summed E-state index contributed by atoms with van der Waals surface area (Å²) in [6.07, 6.45) is 6.80. The van der Waals surface area contributed by atoms with Crippen LogP contribution < -0.4 is 10.9 Å². The van der Waals surface area contributed by atoms with Crippen molar-refractivity contribution in [3.05, 3.63) is 22.7 Å². The minimum Gasteiger partial charge on any atom is -0.367 e. The lowest BCUT2D eigenvalue weighted by Crippen LogP contribution is -2.27. The molecule has 3 unspecified atom stereocenters. The van der Waals surface area contributed by atoms with Crippen molar-refractivity contribution in [2.45, 2.75) is 31.7 Å².